The van der Waals surface area contributed by atoms with Crippen molar-refractivity contribution in [2.24, 2.45) is 7.05 Å². The van der Waals surface area contributed by atoms with Gasteiger partial charge in [-0.25, -0.2) is 0 Å². The topological polar surface area (TPSA) is 45.6 Å². The number of amides is 1. The minimum atomic E-state index is -0.120. The lowest BCUT2D eigenvalue weighted by atomic mass is 10.1. The number of pyridine rings is 1. The maximum absolute atomic E-state index is 13.1. The summed E-state index contributed by atoms with van der Waals surface area (Å²) in [6.45, 7) is 2.96. The van der Waals surface area contributed by atoms with Crippen molar-refractivity contribution in [1.82, 2.24) is 4.57 Å². The number of carbonyl (C=O) groups excluding carboxylic acids is 1. The van der Waals surface area contributed by atoms with Crippen LogP contribution in [0.4, 0.5) is 11.4 Å². The Morgan fingerprint density at radius 2 is 1.78 bits per heavy atom. The van der Waals surface area contributed by atoms with Crippen LogP contribution < -0.4 is 15.4 Å². The highest BCUT2D eigenvalue weighted by Gasteiger charge is 2.29. The standard InChI is InChI=1S/C18H21N3O2/c1-13-10-11-19(2)15-6-4-5-7-16(15)21(13)18(23)14-8-9-17(22)20(3)12-14/h4-9,12-13H,10-11H2,1-3H3/t13-/m0/s1. The number of benzene rings is 1. The third kappa shape index (κ3) is 2.74. The zero-order chi connectivity index (χ0) is 16.6. The molecule has 0 radical (unpaired) electrons. The number of aromatic nitrogens is 1. The average Bonchev–Trinajstić information content (AvgIpc) is 2.67. The van der Waals surface area contributed by atoms with Crippen molar-refractivity contribution in [2.75, 3.05) is 23.4 Å². The molecule has 1 aliphatic heterocycles. The van der Waals surface area contributed by atoms with Gasteiger partial charge in [0.15, 0.2) is 0 Å². The number of fused-ring (bicyclic) bond motifs is 1. The highest BCUT2D eigenvalue weighted by atomic mass is 16.2. The summed E-state index contributed by atoms with van der Waals surface area (Å²) in [6.07, 6.45) is 2.50. The second-order valence-corrected chi connectivity index (χ2v) is 6.09. The minimum Gasteiger partial charge on any atom is -0.373 e. The van der Waals surface area contributed by atoms with E-state index in [4.69, 9.17) is 0 Å². The van der Waals surface area contributed by atoms with Crippen LogP contribution in [0.3, 0.4) is 0 Å². The van der Waals surface area contributed by atoms with Crippen LogP contribution in [0.25, 0.3) is 0 Å². The number of para-hydroxylation sites is 2. The molecule has 120 valence electrons. The molecule has 2 aromatic rings. The summed E-state index contributed by atoms with van der Waals surface area (Å²) in [4.78, 5) is 28.7. The van der Waals surface area contributed by atoms with E-state index in [0.29, 0.717) is 5.56 Å². The highest BCUT2D eigenvalue weighted by Crippen LogP contribution is 2.34. The van der Waals surface area contributed by atoms with Gasteiger partial charge < -0.3 is 14.4 Å². The van der Waals surface area contributed by atoms with Crippen molar-refractivity contribution >= 4 is 17.3 Å². The van der Waals surface area contributed by atoms with Crippen LogP contribution in [0.5, 0.6) is 0 Å². The van der Waals surface area contributed by atoms with Gasteiger partial charge in [0.1, 0.15) is 0 Å². The van der Waals surface area contributed by atoms with Crippen LogP contribution in [0.2, 0.25) is 0 Å². The van der Waals surface area contributed by atoms with E-state index in [0.717, 1.165) is 24.3 Å². The van der Waals surface area contributed by atoms with Crippen molar-refractivity contribution in [2.45, 2.75) is 19.4 Å². The van der Waals surface area contributed by atoms with E-state index >= 15 is 0 Å². The Balaban J connectivity index is 2.09. The fraction of sp³-hybridized carbons (Fsp3) is 0.333. The van der Waals surface area contributed by atoms with Gasteiger partial charge in [-0.2, -0.15) is 0 Å². The summed E-state index contributed by atoms with van der Waals surface area (Å²) in [6, 6.07) is 11.1. The maximum Gasteiger partial charge on any atom is 0.260 e. The number of hydrogen-bond donors (Lipinski definition) is 0. The Kier molecular flexibility index (Phi) is 3.94. The fourth-order valence-electron chi connectivity index (χ4n) is 3.03. The zero-order valence-corrected chi connectivity index (χ0v) is 13.7. The van der Waals surface area contributed by atoms with Crippen molar-refractivity contribution in [3.63, 3.8) is 0 Å². The summed E-state index contributed by atoms with van der Waals surface area (Å²) >= 11 is 0. The van der Waals surface area contributed by atoms with Crippen LogP contribution in [0.1, 0.15) is 23.7 Å². The van der Waals surface area contributed by atoms with Crippen molar-refractivity contribution < 1.29 is 4.79 Å². The predicted molar refractivity (Wildman–Crippen MR) is 92.3 cm³/mol. The first-order valence-electron chi connectivity index (χ1n) is 7.79. The molecule has 0 N–H and O–H groups in total. The van der Waals surface area contributed by atoms with Crippen LogP contribution in [0, 0.1) is 0 Å². The number of rotatable bonds is 1. The molecule has 5 nitrogen and oxygen atoms in total. The number of hydrogen-bond acceptors (Lipinski definition) is 3. The van der Waals surface area contributed by atoms with Gasteiger partial charge in [0.2, 0.25) is 5.56 Å². The van der Waals surface area contributed by atoms with Gasteiger partial charge in [0, 0.05) is 38.9 Å². The quantitative estimate of drug-likeness (QED) is 0.811. The smallest absolute Gasteiger partial charge is 0.260 e. The molecule has 0 saturated carbocycles. The van der Waals surface area contributed by atoms with Gasteiger partial charge in [-0.3, -0.25) is 9.59 Å². The van der Waals surface area contributed by atoms with E-state index in [9.17, 15) is 9.59 Å². The molecule has 1 aromatic carbocycles. The monoisotopic (exact) mass is 311 g/mol. The SMILES string of the molecule is C[C@H]1CCN(C)c2ccccc2N1C(=O)c1ccc(=O)n(C)c1. The van der Waals surface area contributed by atoms with Crippen LogP contribution in [0.15, 0.2) is 47.4 Å². The molecular formula is C18H21N3O2. The molecule has 0 spiro atoms. The van der Waals surface area contributed by atoms with Crippen molar-refractivity contribution in [3.8, 4) is 0 Å². The molecule has 0 bridgehead atoms. The van der Waals surface area contributed by atoms with E-state index in [1.807, 2.05) is 36.2 Å². The van der Waals surface area contributed by atoms with E-state index in [1.165, 1.54) is 10.6 Å². The van der Waals surface area contributed by atoms with E-state index in [1.54, 1.807) is 19.3 Å². The number of carbonyl (C=O) groups is 1. The van der Waals surface area contributed by atoms with Crippen molar-refractivity contribution in [3.05, 3.63) is 58.5 Å². The molecule has 0 unspecified atom stereocenters. The molecular weight excluding hydrogens is 290 g/mol. The molecule has 1 aromatic heterocycles. The van der Waals surface area contributed by atoms with Gasteiger partial charge in [-0.15, -0.1) is 0 Å². The number of nitrogens with zero attached hydrogens (tertiary/aromatic N) is 3. The summed E-state index contributed by atoms with van der Waals surface area (Å²) in [5.74, 6) is -0.0733. The van der Waals surface area contributed by atoms with Gasteiger partial charge >= 0.3 is 0 Å². The number of anilines is 2. The number of aryl methyl sites for hydroxylation is 1. The minimum absolute atomic E-state index is 0.0733. The molecule has 1 aliphatic rings. The van der Waals surface area contributed by atoms with Crippen LogP contribution in [-0.2, 0) is 7.05 Å². The van der Waals surface area contributed by atoms with E-state index < -0.39 is 0 Å². The second kappa shape index (κ2) is 5.91. The zero-order valence-electron chi connectivity index (χ0n) is 13.7. The fourth-order valence-corrected chi connectivity index (χ4v) is 3.03. The lowest BCUT2D eigenvalue weighted by Gasteiger charge is -2.28. The molecule has 23 heavy (non-hydrogen) atoms. The molecule has 5 heteroatoms. The summed E-state index contributed by atoms with van der Waals surface area (Å²) < 4.78 is 1.44. The summed E-state index contributed by atoms with van der Waals surface area (Å²) in [5, 5.41) is 0. The lowest BCUT2D eigenvalue weighted by molar-refractivity contribution is 0.0977. The molecule has 1 atom stereocenters. The first kappa shape index (κ1) is 15.3. The van der Waals surface area contributed by atoms with Crippen LogP contribution >= 0.6 is 0 Å². The third-order valence-corrected chi connectivity index (χ3v) is 4.43. The Hall–Kier alpha value is -2.56. The normalized spacial score (nSPS) is 17.6. The van der Waals surface area contributed by atoms with E-state index in [-0.39, 0.29) is 17.5 Å². The van der Waals surface area contributed by atoms with Crippen molar-refractivity contribution in [1.29, 1.82) is 0 Å². The summed E-state index contributed by atoms with van der Waals surface area (Å²) in [7, 11) is 3.71. The largest absolute Gasteiger partial charge is 0.373 e. The predicted octanol–water partition coefficient (Wildman–Crippen LogP) is 2.26. The maximum atomic E-state index is 13.1. The Bertz CT molecular complexity index is 797. The Morgan fingerprint density at radius 1 is 1.09 bits per heavy atom. The Morgan fingerprint density at radius 3 is 2.48 bits per heavy atom. The third-order valence-electron chi connectivity index (χ3n) is 4.43. The molecule has 3 rings (SSSR count). The molecule has 0 fully saturated rings. The highest BCUT2D eigenvalue weighted by molar-refractivity contribution is 6.08. The average molecular weight is 311 g/mol. The lowest BCUT2D eigenvalue weighted by Crippen LogP contribution is -2.39. The molecule has 1 amide bonds. The van der Waals surface area contributed by atoms with Crippen LogP contribution in [-0.4, -0.2) is 30.1 Å². The van der Waals surface area contributed by atoms with Gasteiger partial charge in [0.05, 0.1) is 16.9 Å². The molecule has 0 aliphatic carbocycles. The first-order chi connectivity index (χ1) is 11.0. The van der Waals surface area contributed by atoms with E-state index in [2.05, 4.69) is 11.8 Å². The summed E-state index contributed by atoms with van der Waals surface area (Å²) in [5.41, 5.74) is 2.37. The first-order valence-corrected chi connectivity index (χ1v) is 7.79. The molecule has 0 saturated heterocycles. The second-order valence-electron chi connectivity index (χ2n) is 6.09. The molecule has 2 heterocycles. The van der Waals surface area contributed by atoms with Gasteiger partial charge in [0.25, 0.3) is 5.91 Å². The Labute approximate surface area is 135 Å². The van der Waals surface area contributed by atoms with Gasteiger partial charge in [-0.1, -0.05) is 12.1 Å². The van der Waals surface area contributed by atoms with Gasteiger partial charge in [-0.05, 0) is 31.5 Å².